The summed E-state index contributed by atoms with van der Waals surface area (Å²) in [7, 11) is 1.39. The van der Waals surface area contributed by atoms with Gasteiger partial charge in [0.1, 0.15) is 0 Å². The van der Waals surface area contributed by atoms with Crippen LogP contribution in [0.1, 0.15) is 97.8 Å². The van der Waals surface area contributed by atoms with Gasteiger partial charge in [0.15, 0.2) is 0 Å². The molecule has 24 heavy (non-hydrogen) atoms. The van der Waals surface area contributed by atoms with Gasteiger partial charge in [0.2, 0.25) is 5.91 Å². The highest BCUT2D eigenvalue weighted by Crippen LogP contribution is 2.12. The summed E-state index contributed by atoms with van der Waals surface area (Å²) in [5.41, 5.74) is 0. The van der Waals surface area contributed by atoms with Gasteiger partial charge in [0.05, 0.1) is 13.5 Å². The molecule has 0 rings (SSSR count). The Morgan fingerprint density at radius 1 is 0.917 bits per heavy atom. The Morgan fingerprint density at radius 3 is 1.96 bits per heavy atom. The Balaban J connectivity index is 3.78. The largest absolute Gasteiger partial charge is 0.469 e. The van der Waals surface area contributed by atoms with Gasteiger partial charge < -0.3 is 10.1 Å². The molecule has 0 aromatic heterocycles. The lowest BCUT2D eigenvalue weighted by Gasteiger charge is -2.19. The maximum absolute atomic E-state index is 12.0. The van der Waals surface area contributed by atoms with Gasteiger partial charge in [0, 0.05) is 12.5 Å². The molecule has 1 N–H and O–H groups in total. The summed E-state index contributed by atoms with van der Waals surface area (Å²) < 4.78 is 4.71. The number of esters is 1. The third kappa shape index (κ3) is 14.5. The normalized spacial score (nSPS) is 12.2. The Hall–Kier alpha value is -1.06. The van der Waals surface area contributed by atoms with Crippen LogP contribution in [-0.4, -0.2) is 25.0 Å². The molecule has 0 saturated carbocycles. The van der Waals surface area contributed by atoms with E-state index in [2.05, 4.69) is 26.1 Å². The number of unbranched alkanes of at least 4 members (excludes halogenated alkanes) is 8. The highest BCUT2D eigenvalue weighted by Gasteiger charge is 2.17. The van der Waals surface area contributed by atoms with Gasteiger partial charge in [-0.2, -0.15) is 0 Å². The lowest BCUT2D eigenvalue weighted by atomic mass is 10.0. The van der Waals surface area contributed by atoms with Crippen LogP contribution in [0.4, 0.5) is 0 Å². The van der Waals surface area contributed by atoms with Crippen LogP contribution in [0.25, 0.3) is 0 Å². The van der Waals surface area contributed by atoms with E-state index in [1.807, 2.05) is 0 Å². The summed E-state index contributed by atoms with van der Waals surface area (Å²) in [4.78, 5) is 23.5. The van der Waals surface area contributed by atoms with Crippen LogP contribution >= 0.6 is 0 Å². The predicted octanol–water partition coefficient (Wildman–Crippen LogP) is 5.00. The molecule has 0 aromatic carbocycles. The van der Waals surface area contributed by atoms with E-state index in [0.29, 0.717) is 12.3 Å². The van der Waals surface area contributed by atoms with Crippen LogP contribution in [0.2, 0.25) is 0 Å². The molecular weight excluding hydrogens is 302 g/mol. The number of methoxy groups -OCH3 is 1. The highest BCUT2D eigenvalue weighted by atomic mass is 16.5. The molecule has 0 saturated heterocycles. The molecule has 0 aromatic rings. The van der Waals surface area contributed by atoms with Gasteiger partial charge in [-0.3, -0.25) is 9.59 Å². The fraction of sp³-hybridized carbons (Fsp3) is 0.900. The van der Waals surface area contributed by atoms with E-state index < -0.39 is 0 Å². The zero-order valence-corrected chi connectivity index (χ0v) is 16.4. The topological polar surface area (TPSA) is 55.4 Å². The van der Waals surface area contributed by atoms with Crippen LogP contribution in [0.3, 0.4) is 0 Å². The van der Waals surface area contributed by atoms with Gasteiger partial charge >= 0.3 is 5.97 Å². The quantitative estimate of drug-likeness (QED) is 0.337. The molecule has 4 nitrogen and oxygen atoms in total. The summed E-state index contributed by atoms with van der Waals surface area (Å²) in [6, 6.07) is -0.108. The van der Waals surface area contributed by atoms with Crippen LogP contribution < -0.4 is 5.32 Å². The van der Waals surface area contributed by atoms with Crippen LogP contribution in [0.15, 0.2) is 0 Å². The molecule has 0 heterocycles. The van der Waals surface area contributed by atoms with Crippen molar-refractivity contribution in [2.24, 2.45) is 5.92 Å². The highest BCUT2D eigenvalue weighted by molar-refractivity contribution is 5.77. The number of rotatable bonds is 15. The fourth-order valence-corrected chi connectivity index (χ4v) is 2.94. The Kier molecular flexibility index (Phi) is 14.8. The first-order chi connectivity index (χ1) is 11.5. The number of hydrogen-bond donors (Lipinski definition) is 1. The molecular formula is C20H39NO3. The summed E-state index contributed by atoms with van der Waals surface area (Å²) in [6.07, 6.45) is 12.9. The molecule has 142 valence electrons. The summed E-state index contributed by atoms with van der Waals surface area (Å²) in [5, 5.41) is 3.00. The molecule has 0 spiro atoms. The van der Waals surface area contributed by atoms with Crippen LogP contribution in [0, 0.1) is 5.92 Å². The third-order valence-electron chi connectivity index (χ3n) is 4.27. The number of carbonyl (C=O) groups excluding carboxylic acids is 2. The van der Waals surface area contributed by atoms with Crippen molar-refractivity contribution in [3.05, 3.63) is 0 Å². The van der Waals surface area contributed by atoms with Crippen molar-refractivity contribution in [1.82, 2.24) is 5.32 Å². The van der Waals surface area contributed by atoms with E-state index in [4.69, 9.17) is 4.74 Å². The molecule has 4 heteroatoms. The minimum Gasteiger partial charge on any atom is -0.469 e. The Labute approximate surface area is 149 Å². The second-order valence-electron chi connectivity index (χ2n) is 7.25. The van der Waals surface area contributed by atoms with Gasteiger partial charge in [-0.1, -0.05) is 72.1 Å². The average Bonchev–Trinajstić information content (AvgIpc) is 2.52. The van der Waals surface area contributed by atoms with Gasteiger partial charge in [-0.25, -0.2) is 0 Å². The molecule has 0 aliphatic rings. The first-order valence-corrected chi connectivity index (χ1v) is 9.85. The number of ether oxygens (including phenoxy) is 1. The van der Waals surface area contributed by atoms with E-state index in [9.17, 15) is 9.59 Å². The van der Waals surface area contributed by atoms with Gasteiger partial charge in [-0.05, 0) is 18.8 Å². The number of nitrogens with one attached hydrogen (secondary N) is 1. The summed E-state index contributed by atoms with van der Waals surface area (Å²) in [5.74, 6) is 0.240. The minimum atomic E-state index is -0.260. The van der Waals surface area contributed by atoms with Crippen molar-refractivity contribution in [1.29, 1.82) is 0 Å². The third-order valence-corrected chi connectivity index (χ3v) is 4.27. The van der Waals surface area contributed by atoms with Crippen LogP contribution in [-0.2, 0) is 14.3 Å². The van der Waals surface area contributed by atoms with Crippen molar-refractivity contribution in [3.8, 4) is 0 Å². The van der Waals surface area contributed by atoms with E-state index in [1.165, 1.54) is 52.1 Å². The maximum Gasteiger partial charge on any atom is 0.307 e. The van der Waals surface area contributed by atoms with Crippen molar-refractivity contribution in [3.63, 3.8) is 0 Å². The Bertz CT molecular complexity index is 329. The smallest absolute Gasteiger partial charge is 0.307 e. The van der Waals surface area contributed by atoms with Crippen molar-refractivity contribution in [2.45, 2.75) is 104 Å². The predicted molar refractivity (Wildman–Crippen MR) is 99.9 cm³/mol. The average molecular weight is 342 g/mol. The fourth-order valence-electron chi connectivity index (χ4n) is 2.94. The zero-order chi connectivity index (χ0) is 18.2. The standard InChI is InChI=1S/C20H39NO3/c1-5-6-7-8-9-10-11-12-13-14-19(22)21-18(15-17(2)3)16-20(23)24-4/h17-18H,5-16H2,1-4H3,(H,21,22). The molecule has 0 fully saturated rings. The maximum atomic E-state index is 12.0. The van der Waals surface area contributed by atoms with Crippen molar-refractivity contribution in [2.75, 3.05) is 7.11 Å². The number of amides is 1. The molecule has 0 radical (unpaired) electrons. The first-order valence-electron chi connectivity index (χ1n) is 9.85. The summed E-state index contributed by atoms with van der Waals surface area (Å²) in [6.45, 7) is 6.43. The van der Waals surface area contributed by atoms with Crippen molar-refractivity contribution < 1.29 is 14.3 Å². The van der Waals surface area contributed by atoms with Crippen molar-refractivity contribution >= 4 is 11.9 Å². The van der Waals surface area contributed by atoms with Crippen LogP contribution in [0.5, 0.6) is 0 Å². The molecule has 1 amide bonds. The van der Waals surface area contributed by atoms with E-state index in [-0.39, 0.29) is 24.3 Å². The van der Waals surface area contributed by atoms with E-state index >= 15 is 0 Å². The number of carbonyl (C=O) groups is 2. The van der Waals surface area contributed by atoms with Gasteiger partial charge in [0.25, 0.3) is 0 Å². The second kappa shape index (κ2) is 15.5. The summed E-state index contributed by atoms with van der Waals surface area (Å²) >= 11 is 0. The monoisotopic (exact) mass is 341 g/mol. The van der Waals surface area contributed by atoms with E-state index in [1.54, 1.807) is 0 Å². The Morgan fingerprint density at radius 2 is 1.46 bits per heavy atom. The lowest BCUT2D eigenvalue weighted by Crippen LogP contribution is -2.37. The molecule has 1 atom stereocenters. The first kappa shape index (κ1) is 22.9. The molecule has 0 aliphatic heterocycles. The second-order valence-corrected chi connectivity index (χ2v) is 7.25. The molecule has 0 aliphatic carbocycles. The van der Waals surface area contributed by atoms with E-state index in [0.717, 1.165) is 19.3 Å². The lowest BCUT2D eigenvalue weighted by molar-refractivity contribution is -0.141. The molecule has 0 bridgehead atoms. The molecule has 1 unspecified atom stereocenters. The zero-order valence-electron chi connectivity index (χ0n) is 16.4. The van der Waals surface area contributed by atoms with Gasteiger partial charge in [-0.15, -0.1) is 0 Å². The minimum absolute atomic E-state index is 0.0625. The SMILES string of the molecule is CCCCCCCCCCCC(=O)NC(CC(=O)OC)CC(C)C. The number of hydrogen-bond acceptors (Lipinski definition) is 3.